The van der Waals surface area contributed by atoms with Crippen molar-refractivity contribution in [2.75, 3.05) is 25.1 Å². The fraction of sp³-hybridized carbons (Fsp3) is 0.516. The molecule has 8 heteroatoms. The zero-order chi connectivity index (χ0) is 28.2. The molecule has 1 heterocycles. The molecule has 2 aliphatic rings. The molecule has 0 spiro atoms. The summed E-state index contributed by atoms with van der Waals surface area (Å²) in [6.45, 7) is 12.1. The van der Waals surface area contributed by atoms with Gasteiger partial charge in [-0.1, -0.05) is 23.7 Å². The molecule has 39 heavy (non-hydrogen) atoms. The summed E-state index contributed by atoms with van der Waals surface area (Å²) in [4.78, 5) is 14.8. The molecule has 1 aliphatic carbocycles. The summed E-state index contributed by atoms with van der Waals surface area (Å²) in [5.74, 6) is 1.11. The smallest absolute Gasteiger partial charge is 0.337 e. The van der Waals surface area contributed by atoms with Crippen molar-refractivity contribution in [2.45, 2.75) is 70.3 Å². The van der Waals surface area contributed by atoms with Crippen LogP contribution in [0.4, 0.5) is 5.69 Å². The number of hydrogen-bond donors (Lipinski definition) is 1. The van der Waals surface area contributed by atoms with Crippen molar-refractivity contribution < 1.29 is 18.8 Å². The number of hydrogen-bond acceptors (Lipinski definition) is 6. The average molecular weight is 573 g/mol. The van der Waals surface area contributed by atoms with Crippen LogP contribution in [0.3, 0.4) is 0 Å². The Morgan fingerprint density at radius 2 is 2.05 bits per heavy atom. The van der Waals surface area contributed by atoms with E-state index in [4.69, 9.17) is 21.1 Å². The molecule has 6 nitrogen and oxygen atoms in total. The summed E-state index contributed by atoms with van der Waals surface area (Å²) in [7, 11) is 1.40. The van der Waals surface area contributed by atoms with E-state index < -0.39 is 11.4 Å². The van der Waals surface area contributed by atoms with Crippen LogP contribution in [-0.4, -0.2) is 41.5 Å². The van der Waals surface area contributed by atoms with Gasteiger partial charge in [-0.05, 0) is 106 Å². The number of halogens is 1. The third kappa shape index (κ3) is 7.31. The van der Waals surface area contributed by atoms with Crippen LogP contribution in [0.1, 0.15) is 67.9 Å². The molecule has 4 rings (SSSR count). The largest absolute Gasteiger partial charge is 0.598 e. The number of methoxy groups -OCH3 is 1. The SMILES string of the molecule is C=C[C@H](N[S@+]([O-])C(C)(C)C)[C@@H]1CC[C@H]1CN1CCCCc2cc(Cl)ccc2COc2ccc(C(=O)OC)cc21. The van der Waals surface area contributed by atoms with Crippen LogP contribution in [-0.2, 0) is 29.1 Å². The number of ether oxygens (including phenoxy) is 2. The number of esters is 1. The topological polar surface area (TPSA) is 73.9 Å². The van der Waals surface area contributed by atoms with E-state index in [1.165, 1.54) is 12.7 Å². The Morgan fingerprint density at radius 3 is 2.72 bits per heavy atom. The zero-order valence-corrected chi connectivity index (χ0v) is 25.1. The fourth-order valence-electron chi connectivity index (χ4n) is 5.37. The molecule has 212 valence electrons. The van der Waals surface area contributed by atoms with Gasteiger partial charge < -0.3 is 18.9 Å². The van der Waals surface area contributed by atoms with Crippen molar-refractivity contribution in [1.82, 2.24) is 4.72 Å². The summed E-state index contributed by atoms with van der Waals surface area (Å²) < 4.78 is 27.2. The Labute approximate surface area is 241 Å². The van der Waals surface area contributed by atoms with Gasteiger partial charge in [0.2, 0.25) is 0 Å². The lowest BCUT2D eigenvalue weighted by Gasteiger charge is -2.44. The quantitative estimate of drug-likeness (QED) is 0.232. The Balaban J connectivity index is 1.60. The van der Waals surface area contributed by atoms with E-state index in [-0.39, 0.29) is 16.8 Å². The number of nitrogens with zero attached hydrogens (tertiary/aromatic N) is 1. The van der Waals surface area contributed by atoms with Gasteiger partial charge in [-0.15, -0.1) is 11.3 Å². The van der Waals surface area contributed by atoms with Crippen LogP contribution < -0.4 is 14.4 Å². The zero-order valence-electron chi connectivity index (χ0n) is 23.5. The molecule has 1 fully saturated rings. The molecule has 2 aromatic rings. The standard InChI is InChI=1S/C31H41ClN2O4S/c1-6-27(33-39(36)31(2,3)4)26-14-11-23(26)19-34-16-8-7-9-21-17-25(32)13-10-24(21)20-38-29-15-12-22(18-28(29)34)30(35)37-5/h6,10,12-13,15,17-18,23,26-27,33H,1,7-9,11,14,16,19-20H2,2-5H3/t23-,26+,27-,39+/m0/s1. The second-order valence-corrected chi connectivity index (χ2v) is 14.0. The first kappa shape index (κ1) is 29.8. The number of benzene rings is 2. The van der Waals surface area contributed by atoms with Gasteiger partial charge in [-0.2, -0.15) is 0 Å². The average Bonchev–Trinajstić information content (AvgIpc) is 2.92. The van der Waals surface area contributed by atoms with Gasteiger partial charge in [0.1, 0.15) is 17.1 Å². The first-order valence-electron chi connectivity index (χ1n) is 13.8. The van der Waals surface area contributed by atoms with E-state index in [0.29, 0.717) is 24.0 Å². The molecular weight excluding hydrogens is 532 g/mol. The monoisotopic (exact) mass is 572 g/mol. The molecule has 2 aromatic carbocycles. The van der Waals surface area contributed by atoms with E-state index in [0.717, 1.165) is 67.2 Å². The molecule has 0 unspecified atom stereocenters. The summed E-state index contributed by atoms with van der Waals surface area (Å²) in [5, 5.41) is 0.738. The highest BCUT2D eigenvalue weighted by Crippen LogP contribution is 2.41. The van der Waals surface area contributed by atoms with E-state index in [2.05, 4.69) is 16.2 Å². The lowest BCUT2D eigenvalue weighted by Crippen LogP contribution is -2.52. The predicted octanol–water partition coefficient (Wildman–Crippen LogP) is 6.48. The highest BCUT2D eigenvalue weighted by atomic mass is 35.5. The third-order valence-corrected chi connectivity index (χ3v) is 9.68. The normalized spacial score (nSPS) is 21.2. The fourth-order valence-corrected chi connectivity index (χ4v) is 6.44. The van der Waals surface area contributed by atoms with E-state index >= 15 is 0 Å². The van der Waals surface area contributed by atoms with Gasteiger partial charge in [0, 0.05) is 29.5 Å². The van der Waals surface area contributed by atoms with Gasteiger partial charge >= 0.3 is 5.97 Å². The first-order valence-corrected chi connectivity index (χ1v) is 15.3. The Hall–Kier alpha value is -2.19. The van der Waals surface area contributed by atoms with E-state index in [1.54, 1.807) is 6.07 Å². The maximum Gasteiger partial charge on any atom is 0.337 e. The molecule has 0 saturated heterocycles. The van der Waals surface area contributed by atoms with Crippen LogP contribution in [0.5, 0.6) is 5.75 Å². The summed E-state index contributed by atoms with van der Waals surface area (Å²) in [6.07, 6.45) is 7.00. The number of fused-ring (bicyclic) bond motifs is 2. The number of aryl methyl sites for hydroxylation is 1. The summed E-state index contributed by atoms with van der Waals surface area (Å²) >= 11 is 5.13. The van der Waals surface area contributed by atoms with Crippen molar-refractivity contribution in [3.63, 3.8) is 0 Å². The predicted molar refractivity (Wildman–Crippen MR) is 160 cm³/mol. The first-order chi connectivity index (χ1) is 18.6. The van der Waals surface area contributed by atoms with Crippen LogP contribution in [0.25, 0.3) is 0 Å². The maximum atomic E-state index is 12.8. The summed E-state index contributed by atoms with van der Waals surface area (Å²) in [6, 6.07) is 11.5. The highest BCUT2D eigenvalue weighted by Gasteiger charge is 2.40. The van der Waals surface area contributed by atoms with Gasteiger partial charge in [0.05, 0.1) is 24.4 Å². The number of carbonyl (C=O) groups is 1. The Kier molecular flexibility index (Phi) is 9.92. The summed E-state index contributed by atoms with van der Waals surface area (Å²) in [5.41, 5.74) is 3.75. The third-order valence-electron chi connectivity index (χ3n) is 7.84. The van der Waals surface area contributed by atoms with Crippen molar-refractivity contribution >= 4 is 34.6 Å². The molecular formula is C31H41ClN2O4S. The van der Waals surface area contributed by atoms with Crippen LogP contribution in [0.15, 0.2) is 49.1 Å². The minimum absolute atomic E-state index is 0.0240. The van der Waals surface area contributed by atoms with Gasteiger partial charge in [0.25, 0.3) is 0 Å². The molecule has 0 bridgehead atoms. The number of anilines is 1. The molecule has 0 radical (unpaired) electrons. The lowest BCUT2D eigenvalue weighted by molar-refractivity contribution is 0.0600. The van der Waals surface area contributed by atoms with Crippen LogP contribution in [0, 0.1) is 11.8 Å². The molecule has 0 amide bonds. The Bertz CT molecular complexity index is 1170. The Morgan fingerprint density at radius 1 is 1.26 bits per heavy atom. The van der Waals surface area contributed by atoms with Gasteiger partial charge in [-0.25, -0.2) is 4.79 Å². The second-order valence-electron chi connectivity index (χ2n) is 11.5. The molecule has 1 N–H and O–H groups in total. The second kappa shape index (κ2) is 13.0. The molecule has 1 aliphatic heterocycles. The van der Waals surface area contributed by atoms with Crippen molar-refractivity contribution in [3.05, 3.63) is 70.8 Å². The number of carbonyl (C=O) groups excluding carboxylic acids is 1. The highest BCUT2D eigenvalue weighted by molar-refractivity contribution is 7.90. The van der Waals surface area contributed by atoms with Crippen molar-refractivity contribution in [3.8, 4) is 5.75 Å². The van der Waals surface area contributed by atoms with Crippen molar-refractivity contribution in [1.29, 1.82) is 0 Å². The van der Waals surface area contributed by atoms with Crippen LogP contribution >= 0.6 is 11.6 Å². The lowest BCUT2D eigenvalue weighted by atomic mass is 9.69. The van der Waals surface area contributed by atoms with Gasteiger partial charge in [0.15, 0.2) is 0 Å². The maximum absolute atomic E-state index is 12.8. The van der Waals surface area contributed by atoms with Crippen LogP contribution in [0.2, 0.25) is 5.02 Å². The minimum atomic E-state index is -1.17. The molecule has 4 atom stereocenters. The number of rotatable bonds is 7. The van der Waals surface area contributed by atoms with E-state index in [1.807, 2.05) is 57.2 Å². The van der Waals surface area contributed by atoms with E-state index in [9.17, 15) is 9.35 Å². The number of nitrogens with one attached hydrogen (secondary N) is 1. The molecule has 1 saturated carbocycles. The van der Waals surface area contributed by atoms with Gasteiger partial charge in [-0.3, -0.25) is 0 Å². The minimum Gasteiger partial charge on any atom is -0.598 e. The van der Waals surface area contributed by atoms with Crippen molar-refractivity contribution in [2.24, 2.45) is 11.8 Å². The molecule has 0 aromatic heterocycles.